The number of thioether (sulfide) groups is 1. The molecule has 0 bridgehead atoms. The second-order valence-electron chi connectivity index (χ2n) is 6.20. The zero-order chi connectivity index (χ0) is 20.1. The van der Waals surface area contributed by atoms with Gasteiger partial charge in [-0.25, -0.2) is 0 Å². The smallest absolute Gasteiger partial charge is 0.237 e. The summed E-state index contributed by atoms with van der Waals surface area (Å²) < 4.78 is 0.714. The molecule has 8 heteroatoms. The van der Waals surface area contributed by atoms with Crippen LogP contribution in [0.1, 0.15) is 29.8 Å². The van der Waals surface area contributed by atoms with E-state index in [2.05, 4.69) is 20.8 Å². The first-order chi connectivity index (χ1) is 13.4. The highest BCUT2D eigenvalue weighted by atomic mass is 32.2. The Kier molecular flexibility index (Phi) is 6.43. The number of carbonyl (C=O) groups is 2. The van der Waals surface area contributed by atoms with Gasteiger partial charge in [0.1, 0.15) is 0 Å². The van der Waals surface area contributed by atoms with Gasteiger partial charge < -0.3 is 10.6 Å². The molecule has 0 aliphatic carbocycles. The fraction of sp³-hybridized carbons (Fsp3) is 0.200. The maximum Gasteiger partial charge on any atom is 0.237 e. The van der Waals surface area contributed by atoms with Crippen LogP contribution in [0.5, 0.6) is 0 Å². The van der Waals surface area contributed by atoms with Crippen molar-refractivity contribution in [2.24, 2.45) is 0 Å². The summed E-state index contributed by atoms with van der Waals surface area (Å²) in [7, 11) is 0. The summed E-state index contributed by atoms with van der Waals surface area (Å²) >= 11 is 2.76. The third-order valence-electron chi connectivity index (χ3n) is 4.00. The number of para-hydroxylation sites is 1. The zero-order valence-corrected chi connectivity index (χ0v) is 17.4. The van der Waals surface area contributed by atoms with E-state index in [-0.39, 0.29) is 16.9 Å². The molecule has 0 aliphatic rings. The molecule has 1 amide bonds. The molecular formula is C20H20N4O2S2. The highest BCUT2D eigenvalue weighted by Crippen LogP contribution is 2.31. The van der Waals surface area contributed by atoms with Crippen molar-refractivity contribution < 1.29 is 9.59 Å². The fourth-order valence-electron chi connectivity index (χ4n) is 2.37. The molecule has 3 aromatic rings. The van der Waals surface area contributed by atoms with Crippen molar-refractivity contribution in [3.05, 3.63) is 59.7 Å². The highest BCUT2D eigenvalue weighted by molar-refractivity contribution is 8.02. The molecule has 2 N–H and O–H groups in total. The number of nitrogens with one attached hydrogen (secondary N) is 2. The minimum Gasteiger partial charge on any atom is -0.330 e. The summed E-state index contributed by atoms with van der Waals surface area (Å²) in [6.07, 6.45) is 0. The van der Waals surface area contributed by atoms with Crippen molar-refractivity contribution in [1.82, 2.24) is 10.2 Å². The van der Waals surface area contributed by atoms with Gasteiger partial charge in [-0.05, 0) is 56.7 Å². The van der Waals surface area contributed by atoms with Crippen molar-refractivity contribution in [3.63, 3.8) is 0 Å². The lowest BCUT2D eigenvalue weighted by Crippen LogP contribution is -2.22. The van der Waals surface area contributed by atoms with Crippen molar-refractivity contribution in [3.8, 4) is 0 Å². The van der Waals surface area contributed by atoms with Crippen molar-refractivity contribution in [2.75, 3.05) is 10.6 Å². The number of ketones is 1. The van der Waals surface area contributed by atoms with E-state index in [4.69, 9.17) is 0 Å². The second-order valence-corrected chi connectivity index (χ2v) is 8.76. The standard InChI is InChI=1S/C20H20N4O2S2/c1-12-6-4-5-7-17(12)22-19-23-24-20(28-19)27-14(3)18(26)21-16-10-8-15(9-11-16)13(2)25/h4-11,14H,1-3H3,(H,21,26)(H,22,23)/t14-/m0/s1. The Morgan fingerprint density at radius 2 is 1.79 bits per heavy atom. The van der Waals surface area contributed by atoms with Crippen LogP contribution in [0.15, 0.2) is 52.9 Å². The number of rotatable bonds is 7. The summed E-state index contributed by atoms with van der Waals surface area (Å²) in [6, 6.07) is 14.8. The van der Waals surface area contributed by atoms with Gasteiger partial charge >= 0.3 is 0 Å². The Bertz CT molecular complexity index is 986. The van der Waals surface area contributed by atoms with E-state index in [0.29, 0.717) is 20.7 Å². The predicted octanol–water partition coefficient (Wildman–Crippen LogP) is 4.91. The average Bonchev–Trinajstić information content (AvgIpc) is 3.11. The van der Waals surface area contributed by atoms with Gasteiger partial charge in [-0.2, -0.15) is 0 Å². The number of hydrogen-bond donors (Lipinski definition) is 2. The molecule has 0 unspecified atom stereocenters. The molecule has 0 saturated carbocycles. The number of carbonyl (C=O) groups excluding carboxylic acids is 2. The number of Topliss-reactive ketones (excluding diaryl/α,β-unsaturated/α-hetero) is 1. The van der Waals surface area contributed by atoms with Gasteiger partial charge in [-0.3, -0.25) is 9.59 Å². The molecule has 1 heterocycles. The van der Waals surface area contributed by atoms with Gasteiger partial charge in [-0.15, -0.1) is 10.2 Å². The topological polar surface area (TPSA) is 84.0 Å². The lowest BCUT2D eigenvalue weighted by molar-refractivity contribution is -0.115. The zero-order valence-electron chi connectivity index (χ0n) is 15.7. The molecule has 6 nitrogen and oxygen atoms in total. The summed E-state index contributed by atoms with van der Waals surface area (Å²) in [5, 5.41) is 14.8. The van der Waals surface area contributed by atoms with Crippen LogP contribution in [0.4, 0.5) is 16.5 Å². The van der Waals surface area contributed by atoms with E-state index < -0.39 is 0 Å². The van der Waals surface area contributed by atoms with E-state index in [0.717, 1.165) is 11.3 Å². The van der Waals surface area contributed by atoms with E-state index in [1.54, 1.807) is 24.3 Å². The van der Waals surface area contributed by atoms with Crippen LogP contribution >= 0.6 is 23.1 Å². The monoisotopic (exact) mass is 412 g/mol. The van der Waals surface area contributed by atoms with E-state index in [1.165, 1.54) is 30.0 Å². The maximum atomic E-state index is 12.4. The molecule has 0 aliphatic heterocycles. The van der Waals surface area contributed by atoms with Gasteiger partial charge in [0, 0.05) is 16.9 Å². The number of hydrogen-bond acceptors (Lipinski definition) is 7. The first-order valence-electron chi connectivity index (χ1n) is 8.67. The van der Waals surface area contributed by atoms with Crippen LogP contribution in [-0.2, 0) is 4.79 Å². The van der Waals surface area contributed by atoms with Gasteiger partial charge in [0.15, 0.2) is 10.1 Å². The first-order valence-corrected chi connectivity index (χ1v) is 10.4. The molecule has 0 radical (unpaired) electrons. The maximum absolute atomic E-state index is 12.4. The molecule has 28 heavy (non-hydrogen) atoms. The minimum atomic E-state index is -0.341. The van der Waals surface area contributed by atoms with Crippen molar-refractivity contribution in [1.29, 1.82) is 0 Å². The molecule has 3 rings (SSSR count). The quantitative estimate of drug-likeness (QED) is 0.424. The number of anilines is 3. The number of benzene rings is 2. The van der Waals surface area contributed by atoms with Gasteiger partial charge in [0.25, 0.3) is 0 Å². The predicted molar refractivity (Wildman–Crippen MR) is 115 cm³/mol. The molecule has 0 spiro atoms. The molecule has 1 aromatic heterocycles. The van der Waals surface area contributed by atoms with Gasteiger partial charge in [0.2, 0.25) is 11.0 Å². The van der Waals surface area contributed by atoms with Crippen LogP contribution in [0.3, 0.4) is 0 Å². The summed E-state index contributed by atoms with van der Waals surface area (Å²) in [4.78, 5) is 23.7. The van der Waals surface area contributed by atoms with E-state index in [1.807, 2.05) is 38.1 Å². The van der Waals surface area contributed by atoms with Crippen molar-refractivity contribution in [2.45, 2.75) is 30.4 Å². The third-order valence-corrected chi connectivity index (χ3v) is 6.02. The third kappa shape index (κ3) is 5.17. The lowest BCUT2D eigenvalue weighted by atomic mass is 10.1. The minimum absolute atomic E-state index is 0.00631. The molecule has 2 aromatic carbocycles. The summed E-state index contributed by atoms with van der Waals surface area (Å²) in [5.74, 6) is -0.141. The van der Waals surface area contributed by atoms with Crippen LogP contribution in [0, 0.1) is 6.92 Å². The molecule has 0 fully saturated rings. The van der Waals surface area contributed by atoms with Crippen LogP contribution in [0.25, 0.3) is 0 Å². The Labute approximate surface area is 171 Å². The van der Waals surface area contributed by atoms with Crippen LogP contribution in [-0.4, -0.2) is 27.1 Å². The largest absolute Gasteiger partial charge is 0.330 e. The van der Waals surface area contributed by atoms with Gasteiger partial charge in [0.05, 0.1) is 5.25 Å². The summed E-state index contributed by atoms with van der Waals surface area (Å²) in [6.45, 7) is 5.35. The Hall–Kier alpha value is -2.71. The van der Waals surface area contributed by atoms with E-state index in [9.17, 15) is 9.59 Å². The lowest BCUT2D eigenvalue weighted by Gasteiger charge is -2.10. The molecule has 144 valence electrons. The Morgan fingerprint density at radius 1 is 1.07 bits per heavy atom. The van der Waals surface area contributed by atoms with Crippen molar-refractivity contribution >= 4 is 51.3 Å². The van der Waals surface area contributed by atoms with E-state index >= 15 is 0 Å². The Morgan fingerprint density at radius 3 is 2.46 bits per heavy atom. The number of aryl methyl sites for hydroxylation is 1. The Balaban J connectivity index is 1.57. The number of nitrogens with zero attached hydrogens (tertiary/aromatic N) is 2. The van der Waals surface area contributed by atoms with Crippen LogP contribution in [0.2, 0.25) is 0 Å². The molecule has 1 atom stereocenters. The highest BCUT2D eigenvalue weighted by Gasteiger charge is 2.17. The van der Waals surface area contributed by atoms with Crippen LogP contribution < -0.4 is 10.6 Å². The fourth-order valence-corrected chi connectivity index (χ4v) is 4.28. The normalized spacial score (nSPS) is 11.7. The first kappa shape index (κ1) is 20.0. The SMILES string of the molecule is CC(=O)c1ccc(NC(=O)[C@H](C)Sc2nnc(Nc3ccccc3C)s2)cc1. The number of amides is 1. The molecule has 0 saturated heterocycles. The second kappa shape index (κ2) is 8.99. The van der Waals surface area contributed by atoms with Gasteiger partial charge in [-0.1, -0.05) is 41.3 Å². The number of aromatic nitrogens is 2. The average molecular weight is 413 g/mol. The molecular weight excluding hydrogens is 392 g/mol. The summed E-state index contributed by atoms with van der Waals surface area (Å²) in [5.41, 5.74) is 3.37.